The molecule has 0 heterocycles. The Morgan fingerprint density at radius 3 is 1.50 bits per heavy atom. The Labute approximate surface area is 377 Å². The highest BCUT2D eigenvalue weighted by Crippen LogP contribution is 2.43. The van der Waals surface area contributed by atoms with Gasteiger partial charge in [0.15, 0.2) is 23.1 Å². The lowest BCUT2D eigenvalue weighted by atomic mass is 9.77. The third-order valence-electron chi connectivity index (χ3n) is 14.4. The van der Waals surface area contributed by atoms with Gasteiger partial charge in [-0.1, -0.05) is 154 Å². The number of hydrogen-bond donors (Lipinski definition) is 1. The Morgan fingerprint density at radius 1 is 0.516 bits per heavy atom. The van der Waals surface area contributed by atoms with Crippen molar-refractivity contribution < 1.29 is 32.1 Å². The minimum atomic E-state index is -3.02. The van der Waals surface area contributed by atoms with Crippen molar-refractivity contribution in [1.82, 2.24) is 0 Å². The Balaban J connectivity index is 0.886. The first kappa shape index (κ1) is 52.6. The average Bonchev–Trinajstić information content (AvgIpc) is 3.27. The van der Waals surface area contributed by atoms with Gasteiger partial charge >= 0.3 is 0 Å². The quantitative estimate of drug-likeness (QED) is 0.0562. The van der Waals surface area contributed by atoms with E-state index in [-0.39, 0.29) is 17.5 Å². The molecule has 2 aromatic carbocycles. The molecular weight excluding hydrogens is 801 g/mol. The zero-order chi connectivity index (χ0) is 44.3. The average molecular weight is 889 g/mol. The van der Waals surface area contributed by atoms with Gasteiger partial charge in [0, 0.05) is 12.3 Å². The molecule has 0 aromatic heterocycles. The predicted octanol–water partition coefficient (Wildman–Crippen LogP) is 17.8. The van der Waals surface area contributed by atoms with Gasteiger partial charge < -0.3 is 14.4 Å². The van der Waals surface area contributed by atoms with Gasteiger partial charge in [-0.05, 0) is 130 Å². The lowest BCUT2D eigenvalue weighted by molar-refractivity contribution is 0.280. The number of benzene rings is 2. The summed E-state index contributed by atoms with van der Waals surface area (Å²) in [6.45, 7) is 5.43. The van der Waals surface area contributed by atoms with Crippen LogP contribution in [0.2, 0.25) is 0 Å². The van der Waals surface area contributed by atoms with E-state index in [1.807, 2.05) is 6.07 Å². The van der Waals surface area contributed by atoms with Crippen LogP contribution in [-0.2, 0) is 4.57 Å². The van der Waals surface area contributed by atoms with Gasteiger partial charge in [-0.2, -0.15) is 4.39 Å². The van der Waals surface area contributed by atoms with Crippen LogP contribution in [0.5, 0.6) is 11.5 Å². The van der Waals surface area contributed by atoms with Crippen molar-refractivity contribution >= 4 is 7.37 Å². The van der Waals surface area contributed by atoms with Crippen LogP contribution in [0.3, 0.4) is 0 Å². The maximum Gasteiger partial charge on any atom is 0.200 e. The summed E-state index contributed by atoms with van der Waals surface area (Å²) in [6, 6.07) is 9.02. The van der Waals surface area contributed by atoms with E-state index in [9.17, 15) is 22.6 Å². The lowest BCUT2D eigenvalue weighted by Gasteiger charge is -2.29. The van der Waals surface area contributed by atoms with E-state index in [1.54, 1.807) is 18.2 Å². The minimum Gasteiger partial charge on any atom is -0.491 e. The van der Waals surface area contributed by atoms with Crippen LogP contribution in [0, 0.1) is 29.3 Å². The summed E-state index contributed by atoms with van der Waals surface area (Å²) >= 11 is 0. The maximum atomic E-state index is 14.9. The first-order chi connectivity index (χ1) is 30.2. The first-order valence-electron chi connectivity index (χ1n) is 26.0. The molecule has 0 saturated heterocycles. The van der Waals surface area contributed by atoms with Crippen LogP contribution in [0.15, 0.2) is 30.3 Å². The fourth-order valence-electron chi connectivity index (χ4n) is 10.4. The first-order valence-corrected chi connectivity index (χ1v) is 28.1. The number of rotatable bonds is 34. The Hall–Kier alpha value is -1.98. The van der Waals surface area contributed by atoms with E-state index in [4.69, 9.17) is 9.47 Å². The zero-order valence-corrected chi connectivity index (χ0v) is 40.3. The smallest absolute Gasteiger partial charge is 0.200 e. The van der Waals surface area contributed by atoms with Gasteiger partial charge in [0.05, 0.1) is 13.2 Å². The molecule has 4 rings (SSSR count). The predicted molar refractivity (Wildman–Crippen MR) is 255 cm³/mol. The molecule has 2 aromatic rings. The van der Waals surface area contributed by atoms with Crippen LogP contribution in [-0.4, -0.2) is 30.4 Å². The molecule has 1 atom stereocenters. The van der Waals surface area contributed by atoms with Crippen molar-refractivity contribution in [2.45, 2.75) is 231 Å². The largest absolute Gasteiger partial charge is 0.491 e. The summed E-state index contributed by atoms with van der Waals surface area (Å²) in [6.07, 6.45) is 36.7. The second kappa shape index (κ2) is 31.0. The number of hydrogen-bond acceptors (Lipinski definition) is 3. The number of unbranched alkanes of at least 4 members (excludes halogenated alkanes) is 18. The topological polar surface area (TPSA) is 55.8 Å². The third kappa shape index (κ3) is 20.5. The molecule has 2 fully saturated rings. The molecule has 62 heavy (non-hydrogen) atoms. The molecule has 1 N–H and O–H groups in total. The van der Waals surface area contributed by atoms with E-state index in [2.05, 4.69) is 19.9 Å². The van der Waals surface area contributed by atoms with E-state index in [0.29, 0.717) is 42.8 Å². The van der Waals surface area contributed by atoms with Crippen molar-refractivity contribution in [3.8, 4) is 11.5 Å². The molecule has 2 aliphatic rings. The van der Waals surface area contributed by atoms with Crippen molar-refractivity contribution in [1.29, 1.82) is 0 Å². The van der Waals surface area contributed by atoms with Crippen molar-refractivity contribution in [3.63, 3.8) is 0 Å². The summed E-state index contributed by atoms with van der Waals surface area (Å²) < 4.78 is 68.7. The normalized spacial score (nSPS) is 20.3. The minimum absolute atomic E-state index is 0.0340. The number of ether oxygens (including phenoxy) is 2. The fraction of sp³-hybridized carbons (Fsp3) is 0.778. The second-order valence-electron chi connectivity index (χ2n) is 19.5. The molecule has 1 unspecified atom stereocenters. The highest BCUT2D eigenvalue weighted by Gasteiger charge is 2.27. The summed E-state index contributed by atoms with van der Waals surface area (Å²) in [5.41, 5.74) is 1.66. The van der Waals surface area contributed by atoms with E-state index in [1.165, 1.54) is 83.5 Å². The van der Waals surface area contributed by atoms with Crippen molar-refractivity contribution in [2.24, 2.45) is 11.8 Å². The third-order valence-corrected chi connectivity index (χ3v) is 16.4. The van der Waals surface area contributed by atoms with Gasteiger partial charge in [-0.3, -0.25) is 4.57 Å². The molecule has 2 aliphatic carbocycles. The van der Waals surface area contributed by atoms with Gasteiger partial charge in [-0.15, -0.1) is 0 Å². The van der Waals surface area contributed by atoms with Crippen LogP contribution >= 0.6 is 7.37 Å². The molecule has 0 spiro atoms. The lowest BCUT2D eigenvalue weighted by Crippen LogP contribution is -2.15. The van der Waals surface area contributed by atoms with E-state index < -0.39 is 19.0 Å². The zero-order valence-electron chi connectivity index (χ0n) is 39.4. The number of halogens is 3. The SMILES string of the molecule is CCCCCC1CCC(c2ccc(OCCCCCCCCCCCP(=O)(O)CCCCCCCCCCCOc3ccc(C4CCC(CCC)CC4)c(F)c3F)c(F)c2)CC1. The van der Waals surface area contributed by atoms with Gasteiger partial charge in [-0.25, -0.2) is 8.78 Å². The molecule has 0 bridgehead atoms. The Bertz CT molecular complexity index is 1520. The monoisotopic (exact) mass is 889 g/mol. The highest BCUT2D eigenvalue weighted by atomic mass is 31.2. The van der Waals surface area contributed by atoms with Crippen molar-refractivity contribution in [3.05, 3.63) is 58.9 Å². The summed E-state index contributed by atoms with van der Waals surface area (Å²) in [5.74, 6) is 0.857. The molecule has 2 saturated carbocycles. The molecule has 354 valence electrons. The Kier molecular flexibility index (Phi) is 26.3. The van der Waals surface area contributed by atoms with Crippen molar-refractivity contribution in [2.75, 3.05) is 25.5 Å². The van der Waals surface area contributed by atoms with Gasteiger partial charge in [0.2, 0.25) is 13.2 Å². The second-order valence-corrected chi connectivity index (χ2v) is 22.1. The van der Waals surface area contributed by atoms with E-state index >= 15 is 0 Å². The van der Waals surface area contributed by atoms with Crippen LogP contribution < -0.4 is 9.47 Å². The van der Waals surface area contributed by atoms with Crippen LogP contribution in [0.4, 0.5) is 13.2 Å². The van der Waals surface area contributed by atoms with Gasteiger partial charge in [0.1, 0.15) is 0 Å². The molecule has 8 heteroatoms. The van der Waals surface area contributed by atoms with Crippen LogP contribution in [0.25, 0.3) is 0 Å². The summed E-state index contributed by atoms with van der Waals surface area (Å²) in [5, 5.41) is 0. The fourth-order valence-corrected chi connectivity index (χ4v) is 12.0. The van der Waals surface area contributed by atoms with Gasteiger partial charge in [0.25, 0.3) is 0 Å². The molecule has 0 amide bonds. The maximum absolute atomic E-state index is 14.9. The molecule has 0 aliphatic heterocycles. The summed E-state index contributed by atoms with van der Waals surface area (Å²) in [7, 11) is -3.02. The molecule has 4 nitrogen and oxygen atoms in total. The molecule has 0 radical (unpaired) electrons. The highest BCUT2D eigenvalue weighted by molar-refractivity contribution is 7.57. The molecular formula is C54H88F3O4P. The standard InChI is InChI=1S/C54H88F3O4P/c1-3-5-20-26-45-27-31-46(32-28-45)48-35-37-51(50(55)43-48)60-39-21-16-12-8-6-10-14-18-23-41-62(58,59)42-24-19-15-11-7-9-13-17-22-40-61-52-38-36-49(53(56)54(52)57)47-33-29-44(25-4-2)30-34-47/h35-38,43-47H,3-34,39-42H2,1-2H3,(H,58,59). The summed E-state index contributed by atoms with van der Waals surface area (Å²) in [4.78, 5) is 10.5. The Morgan fingerprint density at radius 2 is 0.984 bits per heavy atom. The van der Waals surface area contributed by atoms with Crippen LogP contribution in [0.1, 0.15) is 242 Å². The van der Waals surface area contributed by atoms with E-state index in [0.717, 1.165) is 139 Å².